The molecule has 1 heterocycles. The van der Waals surface area contributed by atoms with Gasteiger partial charge in [0.05, 0.1) is 12.6 Å². The third-order valence-electron chi connectivity index (χ3n) is 3.95. The fraction of sp³-hybridized carbons (Fsp3) is 1.00. The second-order valence-electron chi connectivity index (χ2n) is 5.43. The lowest BCUT2D eigenvalue weighted by Gasteiger charge is -2.50. The van der Waals surface area contributed by atoms with E-state index in [1.807, 2.05) is 0 Å². The van der Waals surface area contributed by atoms with Gasteiger partial charge in [-0.25, -0.2) is 5.32 Å². The first kappa shape index (κ1) is 12.3. The molecule has 0 amide bonds. The lowest BCUT2D eigenvalue weighted by Crippen LogP contribution is -2.65. The average Bonchev–Trinajstić information content (AvgIpc) is 3.02. The molecule has 3 nitrogen and oxygen atoms in total. The molecule has 1 radical (unpaired) electrons. The predicted molar refractivity (Wildman–Crippen MR) is 65.4 cm³/mol. The number of hydrogen-bond donors (Lipinski definition) is 0. The molecule has 16 heavy (non-hydrogen) atoms. The van der Waals surface area contributed by atoms with Crippen LogP contribution in [-0.4, -0.2) is 42.9 Å². The first-order valence-corrected chi connectivity index (χ1v) is 6.66. The topological polar surface area (TPSA) is 26.6 Å². The second-order valence-corrected chi connectivity index (χ2v) is 5.43. The Hall–Kier alpha value is -0.120. The minimum Gasteiger partial charge on any atom is -0.357 e. The summed E-state index contributed by atoms with van der Waals surface area (Å²) in [6.07, 6.45) is 3.79. The third kappa shape index (κ3) is 2.01. The number of likely N-dealkylation sites (N-methyl/N-ethyl adjacent to an activating group) is 1. The van der Waals surface area contributed by atoms with Gasteiger partial charge in [0.2, 0.25) is 0 Å². The zero-order valence-electron chi connectivity index (χ0n) is 11.1. The van der Waals surface area contributed by atoms with E-state index in [1.54, 1.807) is 0 Å². The molecule has 1 aliphatic heterocycles. The monoisotopic (exact) mass is 225 g/mol. The summed E-state index contributed by atoms with van der Waals surface area (Å²) in [5.74, 6) is 0.704. The van der Waals surface area contributed by atoms with Crippen LogP contribution in [0.3, 0.4) is 0 Å². The summed E-state index contributed by atoms with van der Waals surface area (Å²) < 4.78 is 6.26. The van der Waals surface area contributed by atoms with Gasteiger partial charge in [-0.3, -0.25) is 4.90 Å². The molecule has 3 heteroatoms. The van der Waals surface area contributed by atoms with E-state index in [0.717, 1.165) is 13.2 Å². The quantitative estimate of drug-likeness (QED) is 0.730. The molecule has 0 N–H and O–H groups in total. The molecule has 2 aliphatic rings. The van der Waals surface area contributed by atoms with Crippen LogP contribution in [0.5, 0.6) is 0 Å². The van der Waals surface area contributed by atoms with Crippen LogP contribution in [0, 0.1) is 5.92 Å². The zero-order chi connectivity index (χ0) is 11.8. The molecule has 1 saturated carbocycles. The first-order valence-electron chi connectivity index (χ1n) is 6.66. The number of ether oxygens (including phenoxy) is 1. The van der Waals surface area contributed by atoms with Gasteiger partial charge in [0.15, 0.2) is 0 Å². The smallest absolute Gasteiger partial charge is 0.141 e. The molecule has 0 spiro atoms. The Morgan fingerprint density at radius 1 is 1.38 bits per heavy atom. The van der Waals surface area contributed by atoms with E-state index >= 15 is 0 Å². The van der Waals surface area contributed by atoms with Crippen LogP contribution < -0.4 is 5.32 Å². The molecule has 93 valence electrons. The highest BCUT2D eigenvalue weighted by Crippen LogP contribution is 2.47. The molecule has 3 atom stereocenters. The molecule has 0 aromatic carbocycles. The highest BCUT2D eigenvalue weighted by atomic mass is 16.5. The Morgan fingerprint density at radius 2 is 2.06 bits per heavy atom. The van der Waals surface area contributed by atoms with Crippen LogP contribution in [0.4, 0.5) is 0 Å². The van der Waals surface area contributed by atoms with Crippen molar-refractivity contribution in [2.75, 3.05) is 20.2 Å². The molecule has 0 aromatic heterocycles. The van der Waals surface area contributed by atoms with Gasteiger partial charge in [0.25, 0.3) is 0 Å². The van der Waals surface area contributed by atoms with Gasteiger partial charge in [-0.1, -0.05) is 6.92 Å². The molecule has 2 rings (SSSR count). The summed E-state index contributed by atoms with van der Waals surface area (Å²) in [5, 5.41) is 4.83. The molecular weight excluding hydrogens is 200 g/mol. The maximum absolute atomic E-state index is 6.26. The largest absolute Gasteiger partial charge is 0.357 e. The van der Waals surface area contributed by atoms with Gasteiger partial charge in [-0.15, -0.1) is 0 Å². The van der Waals surface area contributed by atoms with E-state index in [-0.39, 0.29) is 5.72 Å². The maximum atomic E-state index is 6.26. The summed E-state index contributed by atoms with van der Waals surface area (Å²) in [5.41, 5.74) is -0.0947. The van der Waals surface area contributed by atoms with Gasteiger partial charge >= 0.3 is 0 Å². The van der Waals surface area contributed by atoms with Crippen molar-refractivity contribution in [2.45, 2.75) is 57.8 Å². The second kappa shape index (κ2) is 4.63. The third-order valence-corrected chi connectivity index (χ3v) is 3.95. The van der Waals surface area contributed by atoms with Gasteiger partial charge < -0.3 is 4.74 Å². The minimum atomic E-state index is -0.0947. The Bertz CT molecular complexity index is 236. The van der Waals surface area contributed by atoms with E-state index in [1.165, 1.54) is 19.3 Å². The van der Waals surface area contributed by atoms with E-state index in [2.05, 4.69) is 32.7 Å². The van der Waals surface area contributed by atoms with Crippen LogP contribution in [-0.2, 0) is 4.74 Å². The molecule has 1 aliphatic carbocycles. The summed E-state index contributed by atoms with van der Waals surface area (Å²) in [4.78, 5) is 2.41. The van der Waals surface area contributed by atoms with Gasteiger partial charge in [0, 0.05) is 18.5 Å². The predicted octanol–water partition coefficient (Wildman–Crippen LogP) is 1.85. The van der Waals surface area contributed by atoms with Crippen LogP contribution >= 0.6 is 0 Å². The highest BCUT2D eigenvalue weighted by Gasteiger charge is 2.55. The van der Waals surface area contributed by atoms with Crippen molar-refractivity contribution in [3.05, 3.63) is 0 Å². The molecular formula is C13H25N2O. The Balaban J connectivity index is 2.14. The van der Waals surface area contributed by atoms with Gasteiger partial charge in [0.1, 0.15) is 5.72 Å². The van der Waals surface area contributed by atoms with Crippen molar-refractivity contribution in [2.24, 2.45) is 5.92 Å². The van der Waals surface area contributed by atoms with E-state index in [4.69, 9.17) is 10.1 Å². The van der Waals surface area contributed by atoms with E-state index in [9.17, 15) is 0 Å². The molecule has 3 unspecified atom stereocenters. The molecule has 0 bridgehead atoms. The molecule has 1 saturated heterocycles. The standard InChI is InChI=1S/C13H25N2O/c1-5-8-15(4)13(12-6-7-12)11(3)14-10(2)9-16-13/h10-12H,5-9H2,1-4H3. The molecule has 0 aromatic rings. The lowest BCUT2D eigenvalue weighted by molar-refractivity contribution is -0.207. The van der Waals surface area contributed by atoms with Crippen molar-refractivity contribution in [1.82, 2.24) is 10.2 Å². The Morgan fingerprint density at radius 3 is 2.56 bits per heavy atom. The maximum Gasteiger partial charge on any atom is 0.141 e. The van der Waals surface area contributed by atoms with Gasteiger partial charge in [-0.2, -0.15) is 0 Å². The number of morpholine rings is 1. The van der Waals surface area contributed by atoms with Crippen LogP contribution in [0.1, 0.15) is 40.0 Å². The summed E-state index contributed by atoms with van der Waals surface area (Å²) in [7, 11) is 2.20. The van der Waals surface area contributed by atoms with Crippen LogP contribution in [0.2, 0.25) is 0 Å². The summed E-state index contributed by atoms with van der Waals surface area (Å²) in [6, 6.07) is 0.664. The summed E-state index contributed by atoms with van der Waals surface area (Å²) in [6.45, 7) is 8.48. The van der Waals surface area contributed by atoms with Crippen molar-refractivity contribution < 1.29 is 4.74 Å². The fourth-order valence-electron chi connectivity index (χ4n) is 3.11. The lowest BCUT2D eigenvalue weighted by atomic mass is 9.94. The first-order chi connectivity index (χ1) is 7.61. The van der Waals surface area contributed by atoms with Crippen LogP contribution in [0.15, 0.2) is 0 Å². The average molecular weight is 225 g/mol. The number of rotatable bonds is 4. The van der Waals surface area contributed by atoms with Gasteiger partial charge in [-0.05, 0) is 40.2 Å². The van der Waals surface area contributed by atoms with E-state index < -0.39 is 0 Å². The molecule has 2 fully saturated rings. The normalized spacial score (nSPS) is 40.3. The van der Waals surface area contributed by atoms with Crippen molar-refractivity contribution in [3.8, 4) is 0 Å². The SMILES string of the molecule is CCCN(C)C1(C2CC2)OCC(C)[N]C1C. The number of nitrogens with zero attached hydrogens (tertiary/aromatic N) is 2. The highest BCUT2D eigenvalue weighted by molar-refractivity contribution is 5.03. The van der Waals surface area contributed by atoms with Crippen molar-refractivity contribution in [3.63, 3.8) is 0 Å². The Labute approximate surface area is 99.5 Å². The van der Waals surface area contributed by atoms with Crippen molar-refractivity contribution in [1.29, 1.82) is 0 Å². The van der Waals surface area contributed by atoms with E-state index in [0.29, 0.717) is 18.0 Å². The summed E-state index contributed by atoms with van der Waals surface area (Å²) >= 11 is 0. The fourth-order valence-corrected chi connectivity index (χ4v) is 3.11. The Kier molecular flexibility index (Phi) is 3.57. The van der Waals surface area contributed by atoms with Crippen LogP contribution in [0.25, 0.3) is 0 Å². The number of hydrogen-bond acceptors (Lipinski definition) is 2. The zero-order valence-corrected chi connectivity index (χ0v) is 11.1. The van der Waals surface area contributed by atoms with Crippen molar-refractivity contribution >= 4 is 0 Å². The minimum absolute atomic E-state index is 0.0947.